The first-order valence-electron chi connectivity index (χ1n) is 7.11. The number of benzene rings is 2. The Hall–Kier alpha value is -2.53. The van der Waals surface area contributed by atoms with Crippen molar-refractivity contribution in [1.82, 2.24) is 5.32 Å². The molecule has 1 heterocycles. The molecule has 1 aliphatic rings. The minimum atomic E-state index is -1.02. The van der Waals surface area contributed by atoms with Gasteiger partial charge in [-0.1, -0.05) is 29.8 Å². The summed E-state index contributed by atoms with van der Waals surface area (Å²) >= 11 is 6.04. The minimum Gasteiger partial charge on any atom is -0.493 e. The molecule has 1 aliphatic heterocycles. The van der Waals surface area contributed by atoms with Gasteiger partial charge in [0.25, 0.3) is 5.91 Å². The normalized spacial score (nSPS) is 16.1. The molecule has 6 heteroatoms. The van der Waals surface area contributed by atoms with E-state index in [4.69, 9.17) is 21.4 Å². The number of halogens is 1. The van der Waals surface area contributed by atoms with E-state index in [1.165, 1.54) is 12.1 Å². The average molecular weight is 332 g/mol. The SMILES string of the molecule is O=C(O)c1ccc2c(c1)OCC[C@H]2NC(=O)c1ccccc1Cl. The molecule has 0 radical (unpaired) electrons. The summed E-state index contributed by atoms with van der Waals surface area (Å²) in [6, 6.07) is 11.2. The zero-order valence-electron chi connectivity index (χ0n) is 12.1. The molecule has 0 aliphatic carbocycles. The molecular formula is C17H14ClNO4. The third kappa shape index (κ3) is 3.14. The number of carboxylic acids is 1. The molecule has 1 amide bonds. The molecule has 0 saturated heterocycles. The van der Waals surface area contributed by atoms with Gasteiger partial charge >= 0.3 is 5.97 Å². The molecule has 1 atom stereocenters. The molecule has 3 rings (SSSR count). The first-order chi connectivity index (χ1) is 11.1. The third-order valence-corrected chi connectivity index (χ3v) is 4.05. The Morgan fingerprint density at radius 1 is 1.22 bits per heavy atom. The van der Waals surface area contributed by atoms with E-state index >= 15 is 0 Å². The molecule has 2 N–H and O–H groups in total. The van der Waals surface area contributed by atoms with Gasteiger partial charge in [-0.2, -0.15) is 0 Å². The van der Waals surface area contributed by atoms with Crippen molar-refractivity contribution in [3.05, 3.63) is 64.2 Å². The van der Waals surface area contributed by atoms with Gasteiger partial charge in [0.1, 0.15) is 5.75 Å². The minimum absolute atomic E-state index is 0.154. The summed E-state index contributed by atoms with van der Waals surface area (Å²) in [5.74, 6) is -0.796. The van der Waals surface area contributed by atoms with Crippen LogP contribution in [-0.2, 0) is 0 Å². The molecule has 2 aromatic rings. The van der Waals surface area contributed by atoms with Gasteiger partial charge in [-0.3, -0.25) is 4.79 Å². The lowest BCUT2D eigenvalue weighted by molar-refractivity contribution is 0.0695. The third-order valence-electron chi connectivity index (χ3n) is 3.72. The van der Waals surface area contributed by atoms with Crippen molar-refractivity contribution in [2.75, 3.05) is 6.61 Å². The highest BCUT2D eigenvalue weighted by Crippen LogP contribution is 2.33. The second kappa shape index (κ2) is 6.30. The molecule has 5 nitrogen and oxygen atoms in total. The van der Waals surface area contributed by atoms with Crippen LogP contribution in [0.3, 0.4) is 0 Å². The molecule has 0 bridgehead atoms. The van der Waals surface area contributed by atoms with E-state index in [1.807, 2.05) is 0 Å². The molecule has 118 valence electrons. The summed E-state index contributed by atoms with van der Waals surface area (Å²) in [6.07, 6.45) is 0.607. The maximum Gasteiger partial charge on any atom is 0.335 e. The van der Waals surface area contributed by atoms with Gasteiger partial charge in [-0.25, -0.2) is 4.79 Å². The molecule has 0 unspecified atom stereocenters. The van der Waals surface area contributed by atoms with Gasteiger partial charge in [-0.05, 0) is 24.3 Å². The van der Waals surface area contributed by atoms with Gasteiger partial charge in [0.2, 0.25) is 0 Å². The number of fused-ring (bicyclic) bond motifs is 1. The molecule has 0 aromatic heterocycles. The van der Waals surface area contributed by atoms with Crippen molar-refractivity contribution >= 4 is 23.5 Å². The Morgan fingerprint density at radius 2 is 2.00 bits per heavy atom. The van der Waals surface area contributed by atoms with Crippen molar-refractivity contribution < 1.29 is 19.4 Å². The van der Waals surface area contributed by atoms with E-state index in [1.54, 1.807) is 30.3 Å². The number of amides is 1. The maximum atomic E-state index is 12.4. The summed E-state index contributed by atoms with van der Waals surface area (Å²) in [5, 5.41) is 12.4. The lowest BCUT2D eigenvalue weighted by Crippen LogP contribution is -2.32. The van der Waals surface area contributed by atoms with Crippen LogP contribution in [0.25, 0.3) is 0 Å². The predicted octanol–water partition coefficient (Wildman–Crippen LogP) is 3.29. The van der Waals surface area contributed by atoms with Crippen molar-refractivity contribution in [2.45, 2.75) is 12.5 Å². The van der Waals surface area contributed by atoms with Crippen molar-refractivity contribution in [2.24, 2.45) is 0 Å². The number of carbonyl (C=O) groups is 2. The zero-order chi connectivity index (χ0) is 16.4. The average Bonchev–Trinajstić information content (AvgIpc) is 2.55. The van der Waals surface area contributed by atoms with Crippen LogP contribution in [0.15, 0.2) is 42.5 Å². The fraction of sp³-hybridized carbons (Fsp3) is 0.176. The summed E-state index contributed by atoms with van der Waals surface area (Å²) in [6.45, 7) is 0.406. The van der Waals surface area contributed by atoms with Gasteiger partial charge in [-0.15, -0.1) is 0 Å². The predicted molar refractivity (Wildman–Crippen MR) is 85.2 cm³/mol. The number of hydrogen-bond acceptors (Lipinski definition) is 3. The first kappa shape index (κ1) is 15.4. The highest BCUT2D eigenvalue weighted by molar-refractivity contribution is 6.33. The number of carbonyl (C=O) groups excluding carboxylic acids is 1. The first-order valence-corrected chi connectivity index (χ1v) is 7.49. The number of rotatable bonds is 3. The molecule has 0 spiro atoms. The monoisotopic (exact) mass is 331 g/mol. The molecule has 23 heavy (non-hydrogen) atoms. The van der Waals surface area contributed by atoms with E-state index in [0.29, 0.717) is 29.4 Å². The van der Waals surface area contributed by atoms with Crippen molar-refractivity contribution in [3.8, 4) is 5.75 Å². The van der Waals surface area contributed by atoms with Crippen LogP contribution in [0.2, 0.25) is 5.02 Å². The van der Waals surface area contributed by atoms with E-state index in [2.05, 4.69) is 5.32 Å². The Morgan fingerprint density at radius 3 is 2.74 bits per heavy atom. The maximum absolute atomic E-state index is 12.4. The fourth-order valence-corrected chi connectivity index (χ4v) is 2.78. The quantitative estimate of drug-likeness (QED) is 0.905. The second-order valence-electron chi connectivity index (χ2n) is 5.20. The number of carboxylic acid groups (broad SMARTS) is 1. The molecule has 0 saturated carbocycles. The van der Waals surface area contributed by atoms with Crippen LogP contribution in [0.4, 0.5) is 0 Å². The van der Waals surface area contributed by atoms with Crippen LogP contribution >= 0.6 is 11.6 Å². The Kier molecular flexibility index (Phi) is 4.21. The number of ether oxygens (including phenoxy) is 1. The highest BCUT2D eigenvalue weighted by atomic mass is 35.5. The fourth-order valence-electron chi connectivity index (χ4n) is 2.55. The van der Waals surface area contributed by atoms with Crippen LogP contribution < -0.4 is 10.1 Å². The van der Waals surface area contributed by atoms with Gasteiger partial charge < -0.3 is 15.2 Å². The Balaban J connectivity index is 1.85. The summed E-state index contributed by atoms with van der Waals surface area (Å²) < 4.78 is 5.51. The largest absolute Gasteiger partial charge is 0.493 e. The topological polar surface area (TPSA) is 75.6 Å². The van der Waals surface area contributed by atoms with Gasteiger partial charge in [0.05, 0.1) is 28.8 Å². The Bertz CT molecular complexity index is 775. The van der Waals surface area contributed by atoms with Crippen LogP contribution in [0, 0.1) is 0 Å². The lowest BCUT2D eigenvalue weighted by atomic mass is 9.98. The van der Waals surface area contributed by atoms with E-state index in [-0.39, 0.29) is 17.5 Å². The molecule has 2 aromatic carbocycles. The zero-order valence-corrected chi connectivity index (χ0v) is 12.8. The second-order valence-corrected chi connectivity index (χ2v) is 5.61. The van der Waals surface area contributed by atoms with Gasteiger partial charge in [0.15, 0.2) is 0 Å². The molecular weight excluding hydrogens is 318 g/mol. The summed E-state index contributed by atoms with van der Waals surface area (Å²) in [7, 11) is 0. The van der Waals surface area contributed by atoms with Crippen molar-refractivity contribution in [3.63, 3.8) is 0 Å². The Labute approximate surface area is 137 Å². The van der Waals surface area contributed by atoms with Crippen LogP contribution in [-0.4, -0.2) is 23.6 Å². The van der Waals surface area contributed by atoms with Crippen LogP contribution in [0.5, 0.6) is 5.75 Å². The standard InChI is InChI=1S/C17H14ClNO4/c18-13-4-2-1-3-11(13)16(20)19-14-7-8-23-15-9-10(17(21)22)5-6-12(14)15/h1-6,9,14H,7-8H2,(H,19,20)(H,21,22)/t14-/m1/s1. The van der Waals surface area contributed by atoms with Gasteiger partial charge in [0, 0.05) is 12.0 Å². The van der Waals surface area contributed by atoms with E-state index in [0.717, 1.165) is 5.56 Å². The van der Waals surface area contributed by atoms with E-state index < -0.39 is 5.97 Å². The highest BCUT2D eigenvalue weighted by Gasteiger charge is 2.25. The summed E-state index contributed by atoms with van der Waals surface area (Å²) in [5.41, 5.74) is 1.33. The lowest BCUT2D eigenvalue weighted by Gasteiger charge is -2.27. The molecule has 0 fully saturated rings. The number of hydrogen-bond donors (Lipinski definition) is 2. The summed E-state index contributed by atoms with van der Waals surface area (Å²) in [4.78, 5) is 23.4. The number of nitrogens with one attached hydrogen (secondary N) is 1. The van der Waals surface area contributed by atoms with Crippen molar-refractivity contribution in [1.29, 1.82) is 0 Å². The number of aromatic carboxylic acids is 1. The van der Waals surface area contributed by atoms with Crippen LogP contribution in [0.1, 0.15) is 38.7 Å². The van der Waals surface area contributed by atoms with E-state index in [9.17, 15) is 9.59 Å². The smallest absolute Gasteiger partial charge is 0.335 e.